The van der Waals surface area contributed by atoms with Crippen LogP contribution in [0.4, 0.5) is 0 Å². The predicted octanol–water partition coefficient (Wildman–Crippen LogP) is 5.31. The first kappa shape index (κ1) is 19.8. The van der Waals surface area contributed by atoms with E-state index in [1.807, 2.05) is 42.7 Å². The summed E-state index contributed by atoms with van der Waals surface area (Å²) in [5.41, 5.74) is 3.20. The molecule has 0 spiro atoms. The largest absolute Gasteiger partial charge is 0.493 e. The number of aromatic amines is 1. The van der Waals surface area contributed by atoms with Crippen LogP contribution < -0.4 is 10.3 Å². The number of H-pyrrole nitrogens is 1. The molecule has 2 aromatic carbocycles. The molecule has 0 saturated heterocycles. The Balaban J connectivity index is 1.57. The van der Waals surface area contributed by atoms with Gasteiger partial charge in [0.25, 0.3) is 5.56 Å². The molecule has 6 heteroatoms. The van der Waals surface area contributed by atoms with E-state index in [1.165, 1.54) is 32.1 Å². The Kier molecular flexibility index (Phi) is 5.45. The van der Waals surface area contributed by atoms with Crippen molar-refractivity contribution >= 4 is 21.9 Å². The van der Waals surface area contributed by atoms with E-state index < -0.39 is 0 Å². The molecule has 5 rings (SSSR count). The maximum Gasteiger partial charge on any atom is 0.259 e. The first-order valence-corrected chi connectivity index (χ1v) is 11.3. The summed E-state index contributed by atoms with van der Waals surface area (Å²) in [6.45, 7) is 3.67. The van der Waals surface area contributed by atoms with Crippen LogP contribution in [-0.4, -0.2) is 26.1 Å². The van der Waals surface area contributed by atoms with E-state index in [4.69, 9.17) is 9.72 Å². The molecule has 1 N–H and O–H groups in total. The molecular weight excluding hydrogens is 388 g/mol. The molecule has 0 radical (unpaired) electrons. The summed E-state index contributed by atoms with van der Waals surface area (Å²) in [5, 5.41) is 0.561. The number of aromatic nitrogens is 4. The van der Waals surface area contributed by atoms with Gasteiger partial charge >= 0.3 is 0 Å². The van der Waals surface area contributed by atoms with Gasteiger partial charge in [0.2, 0.25) is 0 Å². The van der Waals surface area contributed by atoms with E-state index in [1.54, 1.807) is 0 Å². The van der Waals surface area contributed by atoms with Crippen LogP contribution in [0.3, 0.4) is 0 Å². The molecule has 0 atom stereocenters. The van der Waals surface area contributed by atoms with Gasteiger partial charge in [-0.15, -0.1) is 0 Å². The van der Waals surface area contributed by atoms with Gasteiger partial charge < -0.3 is 14.3 Å². The van der Waals surface area contributed by atoms with E-state index in [9.17, 15) is 4.79 Å². The molecule has 2 aromatic heterocycles. The van der Waals surface area contributed by atoms with Crippen LogP contribution in [0.2, 0.25) is 0 Å². The number of nitrogens with zero attached hydrogens (tertiary/aromatic N) is 3. The lowest BCUT2D eigenvalue weighted by molar-refractivity contribution is 0.318. The second-order valence-electron chi connectivity index (χ2n) is 8.52. The van der Waals surface area contributed by atoms with Crippen molar-refractivity contribution in [1.29, 1.82) is 0 Å². The summed E-state index contributed by atoms with van der Waals surface area (Å²) in [4.78, 5) is 25.2. The zero-order chi connectivity index (χ0) is 21.2. The van der Waals surface area contributed by atoms with Gasteiger partial charge in [0.05, 0.1) is 40.4 Å². The van der Waals surface area contributed by atoms with Crippen molar-refractivity contribution in [2.24, 2.45) is 5.92 Å². The molecule has 0 aliphatic heterocycles. The minimum atomic E-state index is -0.158. The Labute approximate surface area is 181 Å². The van der Waals surface area contributed by atoms with Gasteiger partial charge in [0.15, 0.2) is 0 Å². The lowest BCUT2D eigenvalue weighted by atomic mass is 9.89. The third-order valence-corrected chi connectivity index (χ3v) is 6.23. The van der Waals surface area contributed by atoms with Crippen molar-refractivity contribution in [3.8, 4) is 17.1 Å². The highest BCUT2D eigenvalue weighted by atomic mass is 16.5. The Morgan fingerprint density at radius 1 is 1.13 bits per heavy atom. The highest BCUT2D eigenvalue weighted by Crippen LogP contribution is 2.29. The van der Waals surface area contributed by atoms with Crippen molar-refractivity contribution in [3.63, 3.8) is 0 Å². The molecule has 6 nitrogen and oxygen atoms in total. The standard InChI is InChI=1S/C25H28N4O2/c1-2-12-31-23-11-7-6-10-18(23)24-27-20-14-22-21(13-19(20)25(30)28-24)26-16-29(22)15-17-8-4-3-5-9-17/h6-7,10-11,13-14,16-17H,2-5,8-9,12,15H2,1H3,(H,27,28,30). The average molecular weight is 417 g/mol. The molecule has 31 heavy (non-hydrogen) atoms. The Bertz CT molecular complexity index is 1270. The molecule has 1 saturated carbocycles. The number of nitrogens with one attached hydrogen (secondary N) is 1. The molecule has 1 aliphatic rings. The fourth-order valence-corrected chi connectivity index (χ4v) is 4.61. The summed E-state index contributed by atoms with van der Waals surface area (Å²) in [7, 11) is 0. The van der Waals surface area contributed by atoms with Crippen LogP contribution in [-0.2, 0) is 6.54 Å². The van der Waals surface area contributed by atoms with Crippen molar-refractivity contribution in [2.45, 2.75) is 52.0 Å². The summed E-state index contributed by atoms with van der Waals surface area (Å²) in [5.74, 6) is 1.96. The zero-order valence-electron chi connectivity index (χ0n) is 17.9. The number of hydrogen-bond donors (Lipinski definition) is 1. The molecular formula is C25H28N4O2. The van der Waals surface area contributed by atoms with E-state index >= 15 is 0 Å². The SMILES string of the molecule is CCCOc1ccccc1-c1nc2cc3c(cc2c(=O)[nH]1)ncn3CC1CCCCC1. The number of imidazole rings is 1. The van der Waals surface area contributed by atoms with Crippen LogP contribution in [0.5, 0.6) is 5.75 Å². The number of hydrogen-bond acceptors (Lipinski definition) is 4. The van der Waals surface area contributed by atoms with Crippen LogP contribution in [0.25, 0.3) is 33.3 Å². The van der Waals surface area contributed by atoms with Crippen LogP contribution in [0, 0.1) is 5.92 Å². The van der Waals surface area contributed by atoms with Crippen molar-refractivity contribution in [1.82, 2.24) is 19.5 Å². The van der Waals surface area contributed by atoms with Gasteiger partial charge in [-0.2, -0.15) is 0 Å². The fourth-order valence-electron chi connectivity index (χ4n) is 4.61. The first-order chi connectivity index (χ1) is 15.2. The van der Waals surface area contributed by atoms with Gasteiger partial charge in [-0.3, -0.25) is 4.79 Å². The molecule has 160 valence electrons. The summed E-state index contributed by atoms with van der Waals surface area (Å²) >= 11 is 0. The predicted molar refractivity (Wildman–Crippen MR) is 123 cm³/mol. The maximum absolute atomic E-state index is 12.9. The normalized spacial score (nSPS) is 15.0. The second kappa shape index (κ2) is 8.53. The number of para-hydroxylation sites is 1. The molecule has 0 unspecified atom stereocenters. The third-order valence-electron chi connectivity index (χ3n) is 6.23. The Hall–Kier alpha value is -3.15. The number of benzene rings is 2. The highest BCUT2D eigenvalue weighted by Gasteiger charge is 2.17. The molecule has 2 heterocycles. The maximum atomic E-state index is 12.9. The molecule has 0 amide bonds. The van der Waals surface area contributed by atoms with Crippen LogP contribution >= 0.6 is 0 Å². The Morgan fingerprint density at radius 2 is 1.97 bits per heavy atom. The first-order valence-electron chi connectivity index (χ1n) is 11.3. The quantitative estimate of drug-likeness (QED) is 0.462. The average Bonchev–Trinajstić information content (AvgIpc) is 3.19. The number of rotatable bonds is 6. The fraction of sp³-hybridized carbons (Fsp3) is 0.400. The van der Waals surface area contributed by atoms with Gasteiger partial charge in [0.1, 0.15) is 11.6 Å². The minimum Gasteiger partial charge on any atom is -0.493 e. The lowest BCUT2D eigenvalue weighted by Crippen LogP contribution is -2.13. The van der Waals surface area contributed by atoms with Gasteiger partial charge in [-0.05, 0) is 49.4 Å². The van der Waals surface area contributed by atoms with Crippen molar-refractivity contribution in [2.75, 3.05) is 6.61 Å². The molecule has 4 aromatic rings. The van der Waals surface area contributed by atoms with Crippen molar-refractivity contribution < 1.29 is 4.74 Å². The minimum absolute atomic E-state index is 0.158. The highest BCUT2D eigenvalue weighted by molar-refractivity contribution is 5.93. The van der Waals surface area contributed by atoms with E-state index in [2.05, 4.69) is 21.5 Å². The monoisotopic (exact) mass is 416 g/mol. The zero-order valence-corrected chi connectivity index (χ0v) is 17.9. The molecule has 1 fully saturated rings. The second-order valence-corrected chi connectivity index (χ2v) is 8.52. The van der Waals surface area contributed by atoms with Gasteiger partial charge in [-0.25, -0.2) is 9.97 Å². The topological polar surface area (TPSA) is 72.8 Å². The van der Waals surface area contributed by atoms with E-state index in [0.29, 0.717) is 29.3 Å². The summed E-state index contributed by atoms with van der Waals surface area (Å²) in [6, 6.07) is 11.6. The van der Waals surface area contributed by atoms with Crippen molar-refractivity contribution in [3.05, 3.63) is 53.1 Å². The Morgan fingerprint density at radius 3 is 2.81 bits per heavy atom. The lowest BCUT2D eigenvalue weighted by Gasteiger charge is -2.22. The molecule has 1 aliphatic carbocycles. The molecule has 0 bridgehead atoms. The van der Waals surface area contributed by atoms with Gasteiger partial charge in [-0.1, -0.05) is 38.3 Å². The number of fused-ring (bicyclic) bond motifs is 2. The van der Waals surface area contributed by atoms with Gasteiger partial charge in [0, 0.05) is 6.54 Å². The van der Waals surface area contributed by atoms with Crippen LogP contribution in [0.1, 0.15) is 45.4 Å². The summed E-state index contributed by atoms with van der Waals surface area (Å²) in [6.07, 6.45) is 9.37. The van der Waals surface area contributed by atoms with E-state index in [-0.39, 0.29) is 5.56 Å². The smallest absolute Gasteiger partial charge is 0.259 e. The third kappa shape index (κ3) is 3.94. The number of ether oxygens (including phenoxy) is 1. The summed E-state index contributed by atoms with van der Waals surface area (Å²) < 4.78 is 8.11. The van der Waals surface area contributed by atoms with Crippen LogP contribution in [0.15, 0.2) is 47.5 Å². The van der Waals surface area contributed by atoms with E-state index in [0.717, 1.165) is 35.3 Å².